The maximum absolute atomic E-state index is 14.2. The van der Waals surface area contributed by atoms with Crippen LogP contribution in [0.5, 0.6) is 5.75 Å². The zero-order valence-corrected chi connectivity index (χ0v) is 14.5. The summed E-state index contributed by atoms with van der Waals surface area (Å²) in [6.07, 6.45) is -9.60. The Balaban J connectivity index is 1.81. The van der Waals surface area contributed by atoms with E-state index in [2.05, 4.69) is 4.74 Å². The van der Waals surface area contributed by atoms with Crippen LogP contribution in [0, 0.1) is 0 Å². The molecule has 0 saturated heterocycles. The Bertz CT molecular complexity index is 911. The molecule has 3 atom stereocenters. The first-order valence-electron chi connectivity index (χ1n) is 7.92. The van der Waals surface area contributed by atoms with Crippen LogP contribution in [0.2, 0.25) is 5.02 Å². The van der Waals surface area contributed by atoms with Crippen LogP contribution in [0.15, 0.2) is 42.5 Å². The molecule has 1 aliphatic carbocycles. The molecule has 1 aliphatic heterocycles. The van der Waals surface area contributed by atoms with Gasteiger partial charge >= 0.3 is 12.5 Å². The summed E-state index contributed by atoms with van der Waals surface area (Å²) in [5, 5.41) is -0.519. The summed E-state index contributed by atoms with van der Waals surface area (Å²) >= 11 is 5.81. The summed E-state index contributed by atoms with van der Waals surface area (Å²) in [5.41, 5.74) is -1.12. The average molecular weight is 408 g/mol. The molecule has 1 saturated carbocycles. The molecule has 2 aromatic carbocycles. The molecule has 0 amide bonds. The van der Waals surface area contributed by atoms with Gasteiger partial charge in [-0.05, 0) is 29.3 Å². The monoisotopic (exact) mass is 407 g/mol. The van der Waals surface area contributed by atoms with Crippen molar-refractivity contribution in [3.8, 4) is 5.75 Å². The number of hydrogen-bond donors (Lipinski definition) is 0. The summed E-state index contributed by atoms with van der Waals surface area (Å²) in [6.45, 7) is 0. The molecule has 4 rings (SSSR count). The molecule has 27 heavy (non-hydrogen) atoms. The van der Waals surface area contributed by atoms with Crippen molar-refractivity contribution in [3.05, 3.63) is 58.6 Å². The fourth-order valence-corrected chi connectivity index (χ4v) is 4.58. The number of rotatable bonds is 2. The highest BCUT2D eigenvalue weighted by molar-refractivity contribution is 6.32. The number of hydrogen-bond acceptors (Lipinski definition) is 2. The lowest BCUT2D eigenvalue weighted by Crippen LogP contribution is -2.39. The predicted octanol–water partition coefficient (Wildman–Crippen LogP) is 5.65. The predicted molar refractivity (Wildman–Crippen MR) is 87.2 cm³/mol. The Morgan fingerprint density at radius 3 is 2.30 bits per heavy atom. The zero-order valence-electron chi connectivity index (χ0n) is 13.7. The van der Waals surface area contributed by atoms with Gasteiger partial charge in [0.05, 0.1) is 11.1 Å². The van der Waals surface area contributed by atoms with Crippen LogP contribution in [-0.2, 0) is 5.41 Å². The van der Waals surface area contributed by atoms with E-state index in [-0.39, 0.29) is 5.56 Å². The number of ether oxygens (including phenoxy) is 1. The summed E-state index contributed by atoms with van der Waals surface area (Å²) in [4.78, 5) is 1.57. The maximum atomic E-state index is 14.2. The van der Waals surface area contributed by atoms with Crippen LogP contribution in [0.3, 0.4) is 0 Å². The van der Waals surface area contributed by atoms with Crippen LogP contribution >= 0.6 is 11.6 Å². The molecule has 1 heterocycles. The van der Waals surface area contributed by atoms with E-state index in [0.29, 0.717) is 5.56 Å². The molecule has 0 bridgehead atoms. The van der Waals surface area contributed by atoms with Crippen LogP contribution in [0.1, 0.15) is 17.0 Å². The van der Waals surface area contributed by atoms with E-state index in [1.165, 1.54) is 0 Å². The van der Waals surface area contributed by atoms with Crippen LogP contribution in [0.4, 0.5) is 32.0 Å². The second-order valence-electron chi connectivity index (χ2n) is 6.65. The van der Waals surface area contributed by atoms with Crippen molar-refractivity contribution >= 4 is 17.3 Å². The number of alkyl halides is 6. The first kappa shape index (κ1) is 18.3. The highest BCUT2D eigenvalue weighted by atomic mass is 35.5. The largest absolute Gasteiger partial charge is 0.573 e. The van der Waals surface area contributed by atoms with Crippen molar-refractivity contribution in [2.45, 2.75) is 29.9 Å². The molecule has 0 N–H and O–H groups in total. The summed E-state index contributed by atoms with van der Waals surface area (Å²) in [7, 11) is 1.58. The minimum atomic E-state index is -4.98. The van der Waals surface area contributed by atoms with E-state index in [0.717, 1.165) is 23.9 Å². The van der Waals surface area contributed by atoms with Gasteiger partial charge in [0, 0.05) is 18.7 Å². The molecule has 144 valence electrons. The topological polar surface area (TPSA) is 12.5 Å². The zero-order chi connectivity index (χ0) is 19.8. The highest BCUT2D eigenvalue weighted by Crippen LogP contribution is 2.74. The smallest absolute Gasteiger partial charge is 0.404 e. The van der Waals surface area contributed by atoms with E-state index in [1.807, 2.05) is 0 Å². The Hall–Kier alpha value is -2.09. The van der Waals surface area contributed by atoms with E-state index in [1.54, 1.807) is 36.2 Å². The van der Waals surface area contributed by atoms with Gasteiger partial charge in [-0.25, -0.2) is 0 Å². The Kier molecular flexibility index (Phi) is 3.70. The van der Waals surface area contributed by atoms with Gasteiger partial charge in [-0.1, -0.05) is 35.9 Å². The molecule has 2 aliphatic rings. The number of nitrogens with zero attached hydrogens (tertiary/aromatic N) is 1. The Morgan fingerprint density at radius 2 is 1.70 bits per heavy atom. The standard InChI is InChI=1S/C18H12ClF6NO/c1-26-12-5-3-2-4-10(12)14-15(26)16(14,17(20,21)22)9-6-7-13(11(19)8-9)27-18(23,24)25/h2-8,14-15H,1H3/t14-,15+,16+/m0/s1. The average Bonchev–Trinajstić information content (AvgIpc) is 3.18. The van der Waals surface area contributed by atoms with Gasteiger partial charge in [0.15, 0.2) is 0 Å². The van der Waals surface area contributed by atoms with Gasteiger partial charge in [0.25, 0.3) is 0 Å². The first-order valence-corrected chi connectivity index (χ1v) is 8.30. The van der Waals surface area contributed by atoms with E-state index in [4.69, 9.17) is 11.6 Å². The lowest BCUT2D eigenvalue weighted by atomic mass is 9.87. The minimum absolute atomic E-state index is 0.175. The van der Waals surface area contributed by atoms with E-state index < -0.39 is 40.7 Å². The normalized spacial score (nSPS) is 26.6. The number of fused-ring (bicyclic) bond motifs is 3. The quantitative estimate of drug-likeness (QED) is 0.596. The third-order valence-electron chi connectivity index (χ3n) is 5.34. The number of benzene rings is 2. The van der Waals surface area contributed by atoms with Crippen molar-refractivity contribution in [2.75, 3.05) is 11.9 Å². The molecule has 2 nitrogen and oxygen atoms in total. The SMILES string of the molecule is CN1c2ccccc2[C@H]2[C@@H]1[C@]2(c1ccc(OC(F)(F)F)c(Cl)c1)C(F)(F)F. The third-order valence-corrected chi connectivity index (χ3v) is 5.63. The lowest BCUT2D eigenvalue weighted by molar-refractivity contribution is -0.274. The maximum Gasteiger partial charge on any atom is 0.573 e. The molecule has 9 heteroatoms. The molecule has 2 aromatic rings. The van der Waals surface area contributed by atoms with Gasteiger partial charge in [-0.15, -0.1) is 13.2 Å². The second-order valence-corrected chi connectivity index (χ2v) is 7.06. The van der Waals surface area contributed by atoms with E-state index >= 15 is 0 Å². The Morgan fingerprint density at radius 1 is 1.04 bits per heavy atom. The molecule has 0 spiro atoms. The number of likely N-dealkylation sites (N-methyl/N-ethyl adjacent to an activating group) is 1. The fourth-order valence-electron chi connectivity index (χ4n) is 4.36. The fraction of sp³-hybridized carbons (Fsp3) is 0.333. The van der Waals surface area contributed by atoms with Crippen molar-refractivity contribution in [1.82, 2.24) is 0 Å². The Labute approximate surface area is 155 Å². The summed E-state index contributed by atoms with van der Waals surface area (Å²) < 4.78 is 83.5. The molecule has 1 fully saturated rings. The highest BCUT2D eigenvalue weighted by Gasteiger charge is 2.82. The van der Waals surface area contributed by atoms with Crippen molar-refractivity contribution in [1.29, 1.82) is 0 Å². The number of anilines is 1. The summed E-state index contributed by atoms with van der Waals surface area (Å²) in [6, 6.07) is 8.69. The summed E-state index contributed by atoms with van der Waals surface area (Å²) in [5.74, 6) is -1.58. The van der Waals surface area contributed by atoms with Crippen molar-refractivity contribution in [3.63, 3.8) is 0 Å². The molecular formula is C18H12ClF6NO. The molecule has 0 unspecified atom stereocenters. The second kappa shape index (κ2) is 5.47. The van der Waals surface area contributed by atoms with Gasteiger partial charge in [-0.3, -0.25) is 0 Å². The van der Waals surface area contributed by atoms with E-state index in [9.17, 15) is 26.3 Å². The number of halogens is 7. The molecule has 0 radical (unpaired) electrons. The van der Waals surface area contributed by atoms with Gasteiger partial charge in [-0.2, -0.15) is 13.2 Å². The lowest BCUT2D eigenvalue weighted by Gasteiger charge is -2.30. The minimum Gasteiger partial charge on any atom is -0.404 e. The third kappa shape index (κ3) is 2.49. The molecular weight excluding hydrogens is 396 g/mol. The number of para-hydroxylation sites is 1. The van der Waals surface area contributed by atoms with Crippen molar-refractivity contribution < 1.29 is 31.1 Å². The van der Waals surface area contributed by atoms with Gasteiger partial charge in [0.1, 0.15) is 11.2 Å². The molecule has 0 aromatic heterocycles. The van der Waals surface area contributed by atoms with Gasteiger partial charge in [0.2, 0.25) is 0 Å². The van der Waals surface area contributed by atoms with Crippen LogP contribution in [-0.4, -0.2) is 25.6 Å². The first-order chi connectivity index (χ1) is 12.5. The van der Waals surface area contributed by atoms with Crippen LogP contribution < -0.4 is 9.64 Å². The van der Waals surface area contributed by atoms with Crippen molar-refractivity contribution in [2.24, 2.45) is 0 Å². The van der Waals surface area contributed by atoms with Gasteiger partial charge < -0.3 is 9.64 Å². The van der Waals surface area contributed by atoms with Crippen LogP contribution in [0.25, 0.3) is 0 Å².